The number of benzene rings is 1. The maximum absolute atomic E-state index is 15.1. The quantitative estimate of drug-likeness (QED) is 0.279. The zero-order valence-corrected chi connectivity index (χ0v) is 21.4. The van der Waals surface area contributed by atoms with E-state index < -0.39 is 17.7 Å². The predicted molar refractivity (Wildman–Crippen MR) is 138 cm³/mol. The number of carboxylic acid groups (broad SMARTS) is 1. The van der Waals surface area contributed by atoms with Crippen LogP contribution in [0.2, 0.25) is 0 Å². The van der Waals surface area contributed by atoms with Crippen LogP contribution in [-0.2, 0) is 20.9 Å². The standard InChI is InChI=1S/C25H32FN7O5/c1-25(2)36-13-16(14-37-25)15-38-32-19-6-8-33(9-7-19)23-29-11-18(12-30-23)20-5-3-4-17(21(20)26)10-28-22(27)31-24(34)35/h3-5,11-12,16H,6-10,13-15H2,1-2H3,(H,34,35)(H3,27,28,31). The van der Waals surface area contributed by atoms with Gasteiger partial charge in [-0.1, -0.05) is 23.4 Å². The van der Waals surface area contributed by atoms with Gasteiger partial charge in [0.05, 0.1) is 25.5 Å². The van der Waals surface area contributed by atoms with E-state index in [-0.39, 0.29) is 24.0 Å². The first-order valence-electron chi connectivity index (χ1n) is 12.3. The van der Waals surface area contributed by atoms with E-state index in [4.69, 9.17) is 25.2 Å². The van der Waals surface area contributed by atoms with Gasteiger partial charge < -0.3 is 30.1 Å². The predicted octanol–water partition coefficient (Wildman–Crippen LogP) is 2.74. The van der Waals surface area contributed by atoms with Gasteiger partial charge in [0.25, 0.3) is 0 Å². The Morgan fingerprint density at radius 1 is 1.26 bits per heavy atom. The molecule has 0 unspecified atom stereocenters. The van der Waals surface area contributed by atoms with Gasteiger partial charge in [-0.15, -0.1) is 0 Å². The number of amides is 1. The normalized spacial score (nSPS) is 18.2. The maximum Gasteiger partial charge on any atom is 0.411 e. The molecule has 0 radical (unpaired) electrons. The first kappa shape index (κ1) is 27.2. The molecule has 1 amide bonds. The molecule has 4 rings (SSSR count). The lowest BCUT2D eigenvalue weighted by Crippen LogP contribution is -2.40. The fraction of sp³-hybridized carbons (Fsp3) is 0.480. The van der Waals surface area contributed by atoms with Gasteiger partial charge >= 0.3 is 6.09 Å². The van der Waals surface area contributed by atoms with Gasteiger partial charge in [0, 0.05) is 60.9 Å². The number of piperidine rings is 1. The van der Waals surface area contributed by atoms with E-state index in [1.165, 1.54) is 0 Å². The Labute approximate surface area is 219 Å². The van der Waals surface area contributed by atoms with Crippen molar-refractivity contribution in [2.75, 3.05) is 37.8 Å². The summed E-state index contributed by atoms with van der Waals surface area (Å²) in [7, 11) is 0. The molecular formula is C25H32FN7O5. The molecule has 204 valence electrons. The zero-order valence-electron chi connectivity index (χ0n) is 21.4. The molecule has 2 aliphatic rings. The molecule has 2 saturated heterocycles. The van der Waals surface area contributed by atoms with Crippen molar-refractivity contribution in [2.45, 2.75) is 39.0 Å². The molecule has 0 atom stereocenters. The number of rotatable bonds is 7. The van der Waals surface area contributed by atoms with E-state index in [1.807, 2.05) is 24.1 Å². The number of ether oxygens (including phenoxy) is 2. The highest BCUT2D eigenvalue weighted by Gasteiger charge is 2.28. The van der Waals surface area contributed by atoms with E-state index in [2.05, 4.69) is 20.1 Å². The molecule has 12 nitrogen and oxygen atoms in total. The number of aromatic nitrogens is 2. The van der Waals surface area contributed by atoms with Crippen molar-refractivity contribution in [1.29, 1.82) is 0 Å². The Bertz CT molecular complexity index is 1170. The summed E-state index contributed by atoms with van der Waals surface area (Å²) in [5.41, 5.74) is 7.54. The van der Waals surface area contributed by atoms with Gasteiger partial charge in [0.15, 0.2) is 11.7 Å². The third-order valence-corrected chi connectivity index (χ3v) is 6.14. The van der Waals surface area contributed by atoms with Crippen molar-refractivity contribution in [1.82, 2.24) is 15.3 Å². The van der Waals surface area contributed by atoms with E-state index in [1.54, 1.807) is 30.6 Å². The third kappa shape index (κ3) is 7.35. The third-order valence-electron chi connectivity index (χ3n) is 6.14. The Morgan fingerprint density at radius 2 is 1.95 bits per heavy atom. The van der Waals surface area contributed by atoms with Gasteiger partial charge in [0.1, 0.15) is 12.4 Å². The molecule has 2 aromatic rings. The summed E-state index contributed by atoms with van der Waals surface area (Å²) in [6.45, 7) is 6.67. The van der Waals surface area contributed by atoms with Gasteiger partial charge in [-0.25, -0.2) is 24.1 Å². The smallest absolute Gasteiger partial charge is 0.411 e. The number of nitrogens with one attached hydrogen (secondary N) is 1. The van der Waals surface area contributed by atoms with Crippen LogP contribution in [0.3, 0.4) is 0 Å². The van der Waals surface area contributed by atoms with Crippen LogP contribution in [0.25, 0.3) is 11.1 Å². The SMILES string of the molecule is CC1(C)OCC(CON=C2CCN(c3ncc(-c4cccc(CN=C(N)NC(=O)O)c4F)cn3)CC2)CO1. The van der Waals surface area contributed by atoms with Gasteiger partial charge in [-0.3, -0.25) is 5.32 Å². The zero-order chi connectivity index (χ0) is 27.1. The highest BCUT2D eigenvalue weighted by Crippen LogP contribution is 2.26. The van der Waals surface area contributed by atoms with Crippen LogP contribution >= 0.6 is 0 Å². The first-order valence-corrected chi connectivity index (χ1v) is 12.3. The second kappa shape index (κ2) is 12.1. The summed E-state index contributed by atoms with van der Waals surface area (Å²) in [6, 6.07) is 4.86. The van der Waals surface area contributed by atoms with Crippen LogP contribution in [0.1, 0.15) is 32.3 Å². The molecule has 0 aliphatic carbocycles. The Kier molecular flexibility index (Phi) is 8.69. The van der Waals surface area contributed by atoms with E-state index >= 15 is 4.39 Å². The average molecular weight is 530 g/mol. The van der Waals surface area contributed by atoms with Gasteiger partial charge in [-0.05, 0) is 13.8 Å². The minimum absolute atomic E-state index is 0.119. The van der Waals surface area contributed by atoms with Crippen molar-refractivity contribution >= 4 is 23.7 Å². The summed E-state index contributed by atoms with van der Waals surface area (Å²) in [5, 5.41) is 14.9. The molecule has 13 heteroatoms. The highest BCUT2D eigenvalue weighted by molar-refractivity contribution is 5.92. The van der Waals surface area contributed by atoms with Gasteiger partial charge in [0.2, 0.25) is 5.95 Å². The first-order chi connectivity index (χ1) is 18.2. The van der Waals surface area contributed by atoms with Crippen LogP contribution in [0.15, 0.2) is 40.7 Å². The van der Waals surface area contributed by atoms with Crippen molar-refractivity contribution in [3.63, 3.8) is 0 Å². The largest absolute Gasteiger partial charge is 0.465 e. The number of guanidine groups is 1. The number of anilines is 1. The molecule has 0 bridgehead atoms. The van der Waals surface area contributed by atoms with E-state index in [0.717, 1.165) is 18.6 Å². The average Bonchev–Trinajstić information content (AvgIpc) is 2.89. The van der Waals surface area contributed by atoms with Gasteiger partial charge in [-0.2, -0.15) is 0 Å². The van der Waals surface area contributed by atoms with E-state index in [0.29, 0.717) is 50.0 Å². The molecule has 3 heterocycles. The summed E-state index contributed by atoms with van der Waals surface area (Å²) >= 11 is 0. The summed E-state index contributed by atoms with van der Waals surface area (Å²) < 4.78 is 26.4. The lowest BCUT2D eigenvalue weighted by Gasteiger charge is -2.34. The lowest BCUT2D eigenvalue weighted by molar-refractivity contribution is -0.266. The summed E-state index contributed by atoms with van der Waals surface area (Å²) in [4.78, 5) is 31.0. The number of oxime groups is 1. The number of carbonyl (C=O) groups is 1. The number of nitrogens with zero attached hydrogens (tertiary/aromatic N) is 5. The van der Waals surface area contributed by atoms with Crippen LogP contribution in [0, 0.1) is 11.7 Å². The van der Waals surface area contributed by atoms with Crippen LogP contribution < -0.4 is 16.0 Å². The number of aliphatic imine (C=N–C) groups is 1. The number of halogens is 1. The minimum atomic E-state index is -1.34. The Morgan fingerprint density at radius 3 is 2.61 bits per heavy atom. The molecule has 2 fully saturated rings. The Hall–Kier alpha value is -3.84. The van der Waals surface area contributed by atoms with Crippen LogP contribution in [0.5, 0.6) is 0 Å². The monoisotopic (exact) mass is 529 g/mol. The highest BCUT2D eigenvalue weighted by atomic mass is 19.1. The second-order valence-corrected chi connectivity index (χ2v) is 9.51. The number of nitrogens with two attached hydrogens (primary N) is 1. The number of hydrogen-bond donors (Lipinski definition) is 3. The summed E-state index contributed by atoms with van der Waals surface area (Å²) in [6.07, 6.45) is 3.28. The van der Waals surface area contributed by atoms with Crippen LogP contribution in [-0.4, -0.2) is 71.5 Å². The second-order valence-electron chi connectivity index (χ2n) is 9.51. The number of hydrogen-bond acceptors (Lipinski definition) is 9. The van der Waals surface area contributed by atoms with Crippen molar-refractivity contribution in [3.8, 4) is 11.1 Å². The Balaban J connectivity index is 1.29. The fourth-order valence-electron chi connectivity index (χ4n) is 3.98. The van der Waals surface area contributed by atoms with E-state index in [9.17, 15) is 4.79 Å². The lowest BCUT2D eigenvalue weighted by atomic mass is 10.0. The molecule has 0 spiro atoms. The summed E-state index contributed by atoms with van der Waals surface area (Å²) in [5.74, 6) is -0.634. The molecule has 4 N–H and O–H groups in total. The van der Waals surface area contributed by atoms with Crippen molar-refractivity contribution in [3.05, 3.63) is 42.0 Å². The van der Waals surface area contributed by atoms with Crippen LogP contribution in [0.4, 0.5) is 15.1 Å². The van der Waals surface area contributed by atoms with Crippen molar-refractivity contribution < 1.29 is 28.6 Å². The minimum Gasteiger partial charge on any atom is -0.465 e. The molecular weight excluding hydrogens is 497 g/mol. The van der Waals surface area contributed by atoms with Crippen molar-refractivity contribution in [2.24, 2.45) is 21.8 Å². The molecule has 2 aliphatic heterocycles. The maximum atomic E-state index is 15.1. The molecule has 1 aromatic carbocycles. The fourth-order valence-corrected chi connectivity index (χ4v) is 3.98. The topological polar surface area (TPSA) is 157 Å². The molecule has 1 aromatic heterocycles. The molecule has 38 heavy (non-hydrogen) atoms. The molecule has 0 saturated carbocycles.